The van der Waals surface area contributed by atoms with Gasteiger partial charge in [-0.05, 0) is 37.1 Å². The molecule has 2 aromatic carbocycles. The fourth-order valence-electron chi connectivity index (χ4n) is 3.61. The minimum absolute atomic E-state index is 0.0727. The molecule has 2 aliphatic rings. The Balaban J connectivity index is 1.28. The third-order valence-corrected chi connectivity index (χ3v) is 6.68. The van der Waals surface area contributed by atoms with Gasteiger partial charge in [-0.2, -0.15) is 0 Å². The summed E-state index contributed by atoms with van der Waals surface area (Å²) in [7, 11) is -3.66. The average molecular weight is 432 g/mol. The Morgan fingerprint density at radius 2 is 1.70 bits per heavy atom. The van der Waals surface area contributed by atoms with E-state index < -0.39 is 10.0 Å². The Morgan fingerprint density at radius 1 is 1.00 bits per heavy atom. The topological polar surface area (TPSA) is 97.0 Å². The molecule has 4 rings (SSSR count). The van der Waals surface area contributed by atoms with Crippen LogP contribution in [0.1, 0.15) is 12.8 Å². The molecule has 30 heavy (non-hydrogen) atoms. The van der Waals surface area contributed by atoms with Crippen LogP contribution >= 0.6 is 0 Å². The highest BCUT2D eigenvalue weighted by Gasteiger charge is 2.26. The van der Waals surface area contributed by atoms with Crippen LogP contribution in [0.4, 0.5) is 5.69 Å². The zero-order valence-corrected chi connectivity index (χ0v) is 17.4. The lowest BCUT2D eigenvalue weighted by atomic mass is 10.1. The zero-order chi connectivity index (χ0) is 21.0. The van der Waals surface area contributed by atoms with Gasteiger partial charge in [0.2, 0.25) is 15.9 Å². The number of fused-ring (bicyclic) bond motifs is 1. The number of rotatable bonds is 6. The first-order valence-electron chi connectivity index (χ1n) is 9.99. The molecule has 2 heterocycles. The third-order valence-electron chi connectivity index (χ3n) is 5.16. The number of hydrogen-bond donors (Lipinski definition) is 2. The second kappa shape index (κ2) is 9.03. The second-order valence-electron chi connectivity index (χ2n) is 7.39. The minimum Gasteiger partial charge on any atom is -0.486 e. The number of ether oxygens (including phenoxy) is 2. The van der Waals surface area contributed by atoms with E-state index in [4.69, 9.17) is 9.47 Å². The lowest BCUT2D eigenvalue weighted by molar-refractivity contribution is -0.117. The van der Waals surface area contributed by atoms with Crippen LogP contribution in [0.5, 0.6) is 11.5 Å². The van der Waals surface area contributed by atoms with Crippen LogP contribution in [0, 0.1) is 0 Å². The number of amides is 1. The standard InChI is InChI=1S/C21H25N3O5S/c25-21(22-16-4-2-1-3-5-16)15-24-10-8-17(9-11-24)23-30(26,27)18-6-7-19-20(14-18)29-13-12-28-19/h1-7,14,17,23H,8-13,15H2,(H,22,25). The van der Waals surface area contributed by atoms with Gasteiger partial charge in [0.05, 0.1) is 11.4 Å². The van der Waals surface area contributed by atoms with Crippen molar-refractivity contribution in [3.8, 4) is 11.5 Å². The van der Waals surface area contributed by atoms with Gasteiger partial charge in [0.25, 0.3) is 0 Å². The summed E-state index contributed by atoms with van der Waals surface area (Å²) in [6.45, 7) is 2.45. The smallest absolute Gasteiger partial charge is 0.240 e. The van der Waals surface area contributed by atoms with Crippen molar-refractivity contribution in [2.45, 2.75) is 23.8 Å². The molecular weight excluding hydrogens is 406 g/mol. The number of carbonyl (C=O) groups excluding carboxylic acids is 1. The van der Waals surface area contributed by atoms with Gasteiger partial charge >= 0.3 is 0 Å². The highest BCUT2D eigenvalue weighted by Crippen LogP contribution is 2.32. The molecule has 0 aliphatic carbocycles. The number of hydrogen-bond acceptors (Lipinski definition) is 6. The predicted molar refractivity (Wildman–Crippen MR) is 112 cm³/mol. The zero-order valence-electron chi connectivity index (χ0n) is 16.5. The molecule has 1 saturated heterocycles. The van der Waals surface area contributed by atoms with Gasteiger partial charge in [-0.25, -0.2) is 13.1 Å². The summed E-state index contributed by atoms with van der Waals surface area (Å²) in [5.74, 6) is 0.933. The van der Waals surface area contributed by atoms with Crippen LogP contribution in [0.15, 0.2) is 53.4 Å². The Kier molecular flexibility index (Phi) is 6.21. The highest BCUT2D eigenvalue weighted by atomic mass is 32.2. The summed E-state index contributed by atoms with van der Waals surface area (Å²) >= 11 is 0. The monoisotopic (exact) mass is 431 g/mol. The van der Waals surface area contributed by atoms with Crippen molar-refractivity contribution in [2.24, 2.45) is 0 Å². The number of benzene rings is 2. The Bertz CT molecular complexity index is 989. The van der Waals surface area contributed by atoms with Crippen molar-refractivity contribution >= 4 is 21.6 Å². The van der Waals surface area contributed by atoms with Crippen molar-refractivity contribution in [3.63, 3.8) is 0 Å². The molecule has 1 amide bonds. The maximum atomic E-state index is 12.8. The summed E-state index contributed by atoms with van der Waals surface area (Å²) in [6, 6.07) is 13.8. The van der Waals surface area contributed by atoms with Crippen molar-refractivity contribution in [3.05, 3.63) is 48.5 Å². The molecule has 2 aromatic rings. The second-order valence-corrected chi connectivity index (χ2v) is 9.11. The molecule has 2 aliphatic heterocycles. The molecule has 9 heteroatoms. The molecular formula is C21H25N3O5S. The van der Waals surface area contributed by atoms with E-state index in [0.29, 0.717) is 50.6 Å². The van der Waals surface area contributed by atoms with Gasteiger partial charge in [0.15, 0.2) is 11.5 Å². The van der Waals surface area contributed by atoms with Crippen molar-refractivity contribution < 1.29 is 22.7 Å². The van der Waals surface area contributed by atoms with Crippen molar-refractivity contribution in [2.75, 3.05) is 38.2 Å². The van der Waals surface area contributed by atoms with E-state index in [1.54, 1.807) is 6.07 Å². The minimum atomic E-state index is -3.66. The van der Waals surface area contributed by atoms with Crippen LogP contribution in [-0.2, 0) is 14.8 Å². The van der Waals surface area contributed by atoms with Crippen molar-refractivity contribution in [1.82, 2.24) is 9.62 Å². The quantitative estimate of drug-likeness (QED) is 0.725. The lowest BCUT2D eigenvalue weighted by Gasteiger charge is -2.31. The molecule has 1 fully saturated rings. The van der Waals surface area contributed by atoms with E-state index in [1.807, 2.05) is 35.2 Å². The molecule has 0 radical (unpaired) electrons. The lowest BCUT2D eigenvalue weighted by Crippen LogP contribution is -2.46. The Morgan fingerprint density at radius 3 is 2.43 bits per heavy atom. The summed E-state index contributed by atoms with van der Waals surface area (Å²) < 4.78 is 39.2. The molecule has 8 nitrogen and oxygen atoms in total. The molecule has 0 saturated carbocycles. The average Bonchev–Trinajstić information content (AvgIpc) is 2.75. The number of nitrogens with one attached hydrogen (secondary N) is 2. The number of para-hydroxylation sites is 1. The number of nitrogens with zero attached hydrogens (tertiary/aromatic N) is 1. The normalized spacial score (nSPS) is 17.5. The first kappa shape index (κ1) is 20.6. The van der Waals surface area contributed by atoms with Crippen LogP contribution in [0.25, 0.3) is 0 Å². The molecule has 0 spiro atoms. The van der Waals surface area contributed by atoms with E-state index in [0.717, 1.165) is 5.69 Å². The molecule has 2 N–H and O–H groups in total. The maximum Gasteiger partial charge on any atom is 0.240 e. The van der Waals surface area contributed by atoms with Gasteiger partial charge in [0, 0.05) is 30.9 Å². The van der Waals surface area contributed by atoms with Gasteiger partial charge in [-0.15, -0.1) is 0 Å². The number of piperidine rings is 1. The van der Waals surface area contributed by atoms with E-state index >= 15 is 0 Å². The van der Waals surface area contributed by atoms with Gasteiger partial charge in [-0.1, -0.05) is 18.2 Å². The van der Waals surface area contributed by atoms with Crippen LogP contribution in [0.2, 0.25) is 0 Å². The van der Waals surface area contributed by atoms with E-state index in [1.165, 1.54) is 12.1 Å². The van der Waals surface area contributed by atoms with Crippen LogP contribution in [0.3, 0.4) is 0 Å². The fourth-order valence-corrected chi connectivity index (χ4v) is 4.93. The summed E-state index contributed by atoms with van der Waals surface area (Å²) in [5, 5.41) is 2.87. The highest BCUT2D eigenvalue weighted by molar-refractivity contribution is 7.89. The van der Waals surface area contributed by atoms with Crippen molar-refractivity contribution in [1.29, 1.82) is 0 Å². The number of anilines is 1. The third kappa shape index (κ3) is 5.10. The maximum absolute atomic E-state index is 12.8. The predicted octanol–water partition coefficient (Wildman–Crippen LogP) is 1.84. The number of likely N-dealkylation sites (tertiary alicyclic amines) is 1. The molecule has 0 unspecified atom stereocenters. The largest absolute Gasteiger partial charge is 0.486 e. The van der Waals surface area contributed by atoms with E-state index in [9.17, 15) is 13.2 Å². The first-order chi connectivity index (χ1) is 14.5. The van der Waals surface area contributed by atoms with E-state index in [-0.39, 0.29) is 23.4 Å². The van der Waals surface area contributed by atoms with Gasteiger partial charge in [0.1, 0.15) is 13.2 Å². The summed E-state index contributed by atoms with van der Waals surface area (Å²) in [5.41, 5.74) is 0.768. The van der Waals surface area contributed by atoms with E-state index in [2.05, 4.69) is 10.0 Å². The summed E-state index contributed by atoms with van der Waals surface area (Å²) in [6.07, 6.45) is 1.28. The molecule has 0 aromatic heterocycles. The number of carbonyl (C=O) groups is 1. The van der Waals surface area contributed by atoms with Crippen LogP contribution in [-0.4, -0.2) is 58.1 Å². The number of sulfonamides is 1. The SMILES string of the molecule is O=C(CN1CCC(NS(=O)(=O)c2ccc3c(c2)OCCO3)CC1)Nc1ccccc1. The Labute approximate surface area is 176 Å². The molecule has 160 valence electrons. The summed E-state index contributed by atoms with van der Waals surface area (Å²) in [4.78, 5) is 14.4. The fraction of sp³-hybridized carbons (Fsp3) is 0.381. The van der Waals surface area contributed by atoms with Gasteiger partial charge in [-0.3, -0.25) is 9.69 Å². The van der Waals surface area contributed by atoms with Gasteiger partial charge < -0.3 is 14.8 Å². The first-order valence-corrected chi connectivity index (χ1v) is 11.5. The Hall–Kier alpha value is -2.62. The molecule has 0 atom stereocenters. The van der Waals surface area contributed by atoms with Crippen LogP contribution < -0.4 is 19.5 Å². The molecule has 0 bridgehead atoms.